The molecule has 7 heteroatoms. The van der Waals surface area contributed by atoms with E-state index < -0.39 is 14.4 Å². The molecule has 148 valence electrons. The lowest BCUT2D eigenvalue weighted by atomic mass is 10.1. The van der Waals surface area contributed by atoms with Crippen molar-refractivity contribution in [3.8, 4) is 0 Å². The Kier molecular flexibility index (Phi) is 8.91. The third-order valence-corrected chi connectivity index (χ3v) is 4.79. The topological polar surface area (TPSA) is 69.2 Å². The Labute approximate surface area is 158 Å². The van der Waals surface area contributed by atoms with Crippen molar-refractivity contribution in [3.63, 3.8) is 0 Å². The molecular formula is C19H32NO5P. The van der Waals surface area contributed by atoms with Crippen LogP contribution in [-0.4, -0.2) is 42.1 Å². The summed E-state index contributed by atoms with van der Waals surface area (Å²) in [6.07, 6.45) is 1.69. The number of benzene rings is 1. The Bertz CT molecular complexity index is 514. The molecule has 3 unspecified atom stereocenters. The van der Waals surface area contributed by atoms with Crippen molar-refractivity contribution < 1.29 is 23.4 Å². The second-order valence-electron chi connectivity index (χ2n) is 7.32. The van der Waals surface area contributed by atoms with Gasteiger partial charge in [0.15, 0.2) is 5.79 Å². The number of hydrogen-bond donors (Lipinski definition) is 2. The van der Waals surface area contributed by atoms with E-state index in [1.165, 1.54) is 0 Å². The summed E-state index contributed by atoms with van der Waals surface area (Å²) in [7, 11) is -1.87. The van der Waals surface area contributed by atoms with Crippen LogP contribution in [0.2, 0.25) is 0 Å². The van der Waals surface area contributed by atoms with Gasteiger partial charge in [-0.25, -0.2) is 0 Å². The molecule has 0 spiro atoms. The summed E-state index contributed by atoms with van der Waals surface area (Å²) in [5.74, 6) is -0.506. The van der Waals surface area contributed by atoms with Crippen molar-refractivity contribution in [3.05, 3.63) is 35.9 Å². The van der Waals surface area contributed by atoms with Gasteiger partial charge in [-0.2, -0.15) is 0 Å². The second-order valence-corrected chi connectivity index (χ2v) is 8.32. The zero-order valence-electron chi connectivity index (χ0n) is 16.2. The fraction of sp³-hybridized carbons (Fsp3) is 0.684. The second kappa shape index (κ2) is 10.7. The van der Waals surface area contributed by atoms with Gasteiger partial charge >= 0.3 is 8.60 Å². The lowest BCUT2D eigenvalue weighted by Gasteiger charge is -2.24. The van der Waals surface area contributed by atoms with E-state index >= 15 is 0 Å². The molecule has 26 heavy (non-hydrogen) atoms. The molecular weight excluding hydrogens is 353 g/mol. The first kappa shape index (κ1) is 21.7. The van der Waals surface area contributed by atoms with Crippen LogP contribution < -0.4 is 5.32 Å². The van der Waals surface area contributed by atoms with Crippen LogP contribution in [0.1, 0.15) is 46.1 Å². The highest BCUT2D eigenvalue weighted by molar-refractivity contribution is 7.40. The van der Waals surface area contributed by atoms with E-state index in [-0.39, 0.29) is 12.1 Å². The highest BCUT2D eigenvalue weighted by Gasteiger charge is 2.34. The lowest BCUT2D eigenvalue weighted by Crippen LogP contribution is -2.39. The molecule has 2 N–H and O–H groups in total. The van der Waals surface area contributed by atoms with E-state index in [0.717, 1.165) is 18.4 Å². The molecule has 6 nitrogen and oxygen atoms in total. The third kappa shape index (κ3) is 8.40. The number of hydrogen-bond acceptors (Lipinski definition) is 6. The first-order valence-corrected chi connectivity index (χ1v) is 10.3. The fourth-order valence-corrected chi connectivity index (χ4v) is 3.55. The molecule has 0 radical (unpaired) electrons. The molecule has 0 bridgehead atoms. The average molecular weight is 385 g/mol. The molecule has 1 fully saturated rings. The van der Waals surface area contributed by atoms with E-state index in [0.29, 0.717) is 25.9 Å². The Balaban J connectivity index is 1.69. The van der Waals surface area contributed by atoms with E-state index in [9.17, 15) is 4.89 Å². The summed E-state index contributed by atoms with van der Waals surface area (Å²) in [6, 6.07) is 10.3. The van der Waals surface area contributed by atoms with Crippen LogP contribution in [0, 0.1) is 0 Å². The zero-order valence-corrected chi connectivity index (χ0v) is 17.1. The van der Waals surface area contributed by atoms with Gasteiger partial charge in [0.25, 0.3) is 0 Å². The number of rotatable bonds is 11. The monoisotopic (exact) mass is 385 g/mol. The molecule has 0 aliphatic carbocycles. The van der Waals surface area contributed by atoms with Gasteiger partial charge < -0.3 is 28.7 Å². The van der Waals surface area contributed by atoms with E-state index in [1.54, 1.807) is 0 Å². The third-order valence-electron chi connectivity index (χ3n) is 4.04. The highest BCUT2D eigenvalue weighted by Crippen LogP contribution is 2.34. The SMILES string of the molecule is CC(C)NC(CCOP(O)OCc1ccccc1)CC1COC(C)(C)O1. The van der Waals surface area contributed by atoms with E-state index in [1.807, 2.05) is 44.2 Å². The van der Waals surface area contributed by atoms with Gasteiger partial charge in [0.05, 0.1) is 25.9 Å². The first-order chi connectivity index (χ1) is 12.3. The van der Waals surface area contributed by atoms with Crippen LogP contribution in [0.4, 0.5) is 0 Å². The Morgan fingerprint density at radius 1 is 1.27 bits per heavy atom. The number of ether oxygens (including phenoxy) is 2. The maximum atomic E-state index is 9.91. The minimum absolute atomic E-state index is 0.0752. The predicted octanol–water partition coefficient (Wildman–Crippen LogP) is 3.74. The molecule has 0 aromatic heterocycles. The summed E-state index contributed by atoms with van der Waals surface area (Å²) in [5.41, 5.74) is 1.01. The van der Waals surface area contributed by atoms with Gasteiger partial charge in [-0.3, -0.25) is 0 Å². The van der Waals surface area contributed by atoms with Gasteiger partial charge in [-0.05, 0) is 32.3 Å². The molecule has 1 aromatic carbocycles. The average Bonchev–Trinajstić information content (AvgIpc) is 2.92. The lowest BCUT2D eigenvalue weighted by molar-refractivity contribution is -0.139. The van der Waals surface area contributed by atoms with Crippen molar-refractivity contribution >= 4 is 8.60 Å². The number of nitrogens with one attached hydrogen (secondary N) is 1. The summed E-state index contributed by atoms with van der Waals surface area (Å²) >= 11 is 0. The van der Waals surface area contributed by atoms with Gasteiger partial charge in [-0.1, -0.05) is 44.2 Å². The standard InChI is InChI=1S/C19H32NO5P/c1-15(2)20-17(12-18-14-22-19(3,4)25-18)10-11-23-26(21)24-13-16-8-6-5-7-9-16/h5-9,15,17-18,20-21H,10-14H2,1-4H3. The van der Waals surface area contributed by atoms with Crippen molar-refractivity contribution in [1.29, 1.82) is 0 Å². The molecule has 3 atom stereocenters. The van der Waals surface area contributed by atoms with E-state index in [4.69, 9.17) is 18.5 Å². The van der Waals surface area contributed by atoms with Gasteiger partial charge in [-0.15, -0.1) is 0 Å². The summed E-state index contributed by atoms with van der Waals surface area (Å²) in [6.45, 7) is 9.49. The van der Waals surface area contributed by atoms with Gasteiger partial charge in [0.1, 0.15) is 0 Å². The van der Waals surface area contributed by atoms with Crippen LogP contribution in [-0.2, 0) is 25.1 Å². The molecule has 1 aliphatic heterocycles. The van der Waals surface area contributed by atoms with Crippen molar-refractivity contribution in [2.45, 2.75) is 71.1 Å². The molecule has 1 heterocycles. The summed E-state index contributed by atoms with van der Waals surface area (Å²) in [4.78, 5) is 9.91. The smallest absolute Gasteiger partial charge is 0.330 e. The van der Waals surface area contributed by atoms with Crippen LogP contribution in [0.15, 0.2) is 30.3 Å². The normalized spacial score (nSPS) is 21.8. The minimum atomic E-state index is -1.87. The van der Waals surface area contributed by atoms with Gasteiger partial charge in [0.2, 0.25) is 0 Å². The van der Waals surface area contributed by atoms with Crippen LogP contribution in [0.25, 0.3) is 0 Å². The van der Waals surface area contributed by atoms with Crippen LogP contribution >= 0.6 is 8.60 Å². The summed E-state index contributed by atoms with van der Waals surface area (Å²) < 4.78 is 22.4. The molecule has 2 rings (SSSR count). The molecule has 0 amide bonds. The van der Waals surface area contributed by atoms with E-state index in [2.05, 4.69) is 19.2 Å². The van der Waals surface area contributed by atoms with Crippen molar-refractivity contribution in [2.24, 2.45) is 0 Å². The van der Waals surface area contributed by atoms with Crippen LogP contribution in [0.5, 0.6) is 0 Å². The van der Waals surface area contributed by atoms with Crippen molar-refractivity contribution in [1.82, 2.24) is 5.32 Å². The Morgan fingerprint density at radius 2 is 2.00 bits per heavy atom. The largest absolute Gasteiger partial charge is 0.348 e. The maximum absolute atomic E-state index is 9.91. The van der Waals surface area contributed by atoms with Crippen molar-refractivity contribution in [2.75, 3.05) is 13.2 Å². The molecule has 1 aliphatic rings. The predicted molar refractivity (Wildman–Crippen MR) is 103 cm³/mol. The fourth-order valence-electron chi connectivity index (χ4n) is 2.95. The Hall–Kier alpha value is -0.590. The maximum Gasteiger partial charge on any atom is 0.330 e. The molecule has 1 aromatic rings. The quantitative estimate of drug-likeness (QED) is 0.566. The highest BCUT2D eigenvalue weighted by atomic mass is 31.2. The Morgan fingerprint density at radius 3 is 2.62 bits per heavy atom. The zero-order chi connectivity index (χ0) is 19.0. The first-order valence-electron chi connectivity index (χ1n) is 9.20. The van der Waals surface area contributed by atoms with Gasteiger partial charge in [0, 0.05) is 12.1 Å². The minimum Gasteiger partial charge on any atom is -0.348 e. The van der Waals surface area contributed by atoms with Crippen LogP contribution in [0.3, 0.4) is 0 Å². The molecule has 0 saturated carbocycles. The molecule has 1 saturated heterocycles. The summed E-state index contributed by atoms with van der Waals surface area (Å²) in [5, 5.41) is 3.53.